The van der Waals surface area contributed by atoms with Crippen molar-refractivity contribution in [2.45, 2.75) is 19.8 Å². The van der Waals surface area contributed by atoms with E-state index in [1.165, 1.54) is 14.1 Å². The zero-order valence-corrected chi connectivity index (χ0v) is 12.4. The monoisotopic (exact) mass is 325 g/mol. The Morgan fingerprint density at radius 3 is 2.53 bits per heavy atom. The zero-order chi connectivity index (χ0) is 13.2. The molecular weight excluding hydrogens is 310 g/mol. The topological polar surface area (TPSA) is 75.4 Å². The first-order valence-corrected chi connectivity index (χ1v) is 7.29. The third-order valence-electron chi connectivity index (χ3n) is 2.29. The Labute approximate surface area is 110 Å². The van der Waals surface area contributed by atoms with E-state index in [9.17, 15) is 8.42 Å². The minimum atomic E-state index is -3.61. The van der Waals surface area contributed by atoms with Gasteiger partial charge in [-0.05, 0) is 35.7 Å². The quantitative estimate of drug-likeness (QED) is 0.857. The lowest BCUT2D eigenvalue weighted by atomic mass is 10.2. The van der Waals surface area contributed by atoms with Crippen molar-refractivity contribution >= 4 is 26.1 Å². The van der Waals surface area contributed by atoms with Crippen molar-refractivity contribution in [1.29, 1.82) is 0 Å². The SMILES string of the molecule is Cc1nn(S(=O)(=O)N(C)C)c(CCCO)c1Br. The van der Waals surface area contributed by atoms with Crippen molar-refractivity contribution in [3.05, 3.63) is 15.9 Å². The highest BCUT2D eigenvalue weighted by atomic mass is 79.9. The van der Waals surface area contributed by atoms with Gasteiger partial charge in [0, 0.05) is 20.7 Å². The summed E-state index contributed by atoms with van der Waals surface area (Å²) >= 11 is 3.32. The lowest BCUT2D eigenvalue weighted by Gasteiger charge is -2.13. The summed E-state index contributed by atoms with van der Waals surface area (Å²) in [5.41, 5.74) is 1.17. The first-order chi connectivity index (χ1) is 7.82. The van der Waals surface area contributed by atoms with Crippen LogP contribution in [0.4, 0.5) is 0 Å². The maximum Gasteiger partial charge on any atom is 0.322 e. The van der Waals surface area contributed by atoms with Gasteiger partial charge in [-0.25, -0.2) is 0 Å². The molecule has 0 aliphatic rings. The van der Waals surface area contributed by atoms with Crippen LogP contribution in [0.2, 0.25) is 0 Å². The van der Waals surface area contributed by atoms with E-state index in [2.05, 4.69) is 21.0 Å². The molecule has 0 atom stereocenters. The summed E-state index contributed by atoms with van der Waals surface area (Å²) in [5, 5.41) is 12.8. The van der Waals surface area contributed by atoms with Crippen LogP contribution >= 0.6 is 15.9 Å². The third-order valence-corrected chi connectivity index (χ3v) is 4.99. The van der Waals surface area contributed by atoms with E-state index < -0.39 is 10.2 Å². The van der Waals surface area contributed by atoms with Gasteiger partial charge in [0.25, 0.3) is 0 Å². The lowest BCUT2D eigenvalue weighted by molar-refractivity contribution is 0.287. The van der Waals surface area contributed by atoms with Gasteiger partial charge in [0.2, 0.25) is 0 Å². The molecule has 1 aromatic rings. The fourth-order valence-electron chi connectivity index (χ4n) is 1.33. The molecule has 98 valence electrons. The van der Waals surface area contributed by atoms with E-state index in [1.54, 1.807) is 6.92 Å². The van der Waals surface area contributed by atoms with Gasteiger partial charge in [-0.3, -0.25) is 0 Å². The van der Waals surface area contributed by atoms with E-state index in [0.717, 1.165) is 8.39 Å². The van der Waals surface area contributed by atoms with Gasteiger partial charge >= 0.3 is 10.2 Å². The summed E-state index contributed by atoms with van der Waals surface area (Å²) in [7, 11) is -0.703. The highest BCUT2D eigenvalue weighted by Crippen LogP contribution is 2.24. The number of hydrogen-bond donors (Lipinski definition) is 1. The second-order valence-corrected chi connectivity index (χ2v) is 6.57. The maximum absolute atomic E-state index is 12.0. The maximum atomic E-state index is 12.0. The first-order valence-electron chi connectivity index (χ1n) is 5.10. The molecule has 0 aromatic carbocycles. The van der Waals surface area contributed by atoms with Crippen molar-refractivity contribution in [2.75, 3.05) is 20.7 Å². The van der Waals surface area contributed by atoms with Crippen LogP contribution < -0.4 is 0 Å². The van der Waals surface area contributed by atoms with E-state index in [0.29, 0.717) is 28.7 Å². The Hall–Kier alpha value is -0.440. The van der Waals surface area contributed by atoms with Crippen molar-refractivity contribution in [3.63, 3.8) is 0 Å². The highest BCUT2D eigenvalue weighted by Gasteiger charge is 2.24. The smallest absolute Gasteiger partial charge is 0.322 e. The molecule has 0 fully saturated rings. The second-order valence-electron chi connectivity index (χ2n) is 3.81. The normalized spacial score (nSPS) is 12.4. The Bertz CT molecular complexity index is 496. The molecule has 0 bridgehead atoms. The fourth-order valence-corrected chi connectivity index (χ4v) is 2.89. The van der Waals surface area contributed by atoms with Crippen LogP contribution in [0, 0.1) is 6.92 Å². The van der Waals surface area contributed by atoms with Crippen LogP contribution in [0.3, 0.4) is 0 Å². The fraction of sp³-hybridized carbons (Fsp3) is 0.667. The van der Waals surface area contributed by atoms with E-state index in [4.69, 9.17) is 5.11 Å². The molecule has 8 heteroatoms. The number of rotatable bonds is 5. The largest absolute Gasteiger partial charge is 0.396 e. The van der Waals surface area contributed by atoms with Gasteiger partial charge in [0.15, 0.2) is 0 Å². The van der Waals surface area contributed by atoms with E-state index >= 15 is 0 Å². The van der Waals surface area contributed by atoms with Gasteiger partial charge in [0.05, 0.1) is 15.9 Å². The van der Waals surface area contributed by atoms with Gasteiger partial charge in [0.1, 0.15) is 0 Å². The summed E-state index contributed by atoms with van der Waals surface area (Å²) in [6, 6.07) is 0. The molecule has 17 heavy (non-hydrogen) atoms. The summed E-state index contributed by atoms with van der Waals surface area (Å²) in [6.07, 6.45) is 0.942. The third kappa shape index (κ3) is 2.87. The van der Waals surface area contributed by atoms with E-state index in [1.807, 2.05) is 0 Å². The molecule has 6 nitrogen and oxygen atoms in total. The lowest BCUT2D eigenvalue weighted by Crippen LogP contribution is -2.31. The number of aliphatic hydroxyl groups is 1. The van der Waals surface area contributed by atoms with Crippen molar-refractivity contribution in [2.24, 2.45) is 0 Å². The van der Waals surface area contributed by atoms with Crippen LogP contribution in [-0.4, -0.2) is 47.7 Å². The molecule has 0 spiro atoms. The molecule has 0 saturated carbocycles. The molecule has 0 unspecified atom stereocenters. The average molecular weight is 326 g/mol. The molecule has 0 aliphatic heterocycles. The van der Waals surface area contributed by atoms with Crippen LogP contribution in [0.25, 0.3) is 0 Å². The van der Waals surface area contributed by atoms with Crippen LogP contribution in [0.5, 0.6) is 0 Å². The predicted molar refractivity (Wildman–Crippen MR) is 68.1 cm³/mol. The zero-order valence-electron chi connectivity index (χ0n) is 10.0. The second kappa shape index (κ2) is 5.47. The minimum Gasteiger partial charge on any atom is -0.396 e. The van der Waals surface area contributed by atoms with Gasteiger partial charge in [-0.2, -0.15) is 17.8 Å². The number of aryl methyl sites for hydroxylation is 1. The van der Waals surface area contributed by atoms with Crippen LogP contribution in [0.1, 0.15) is 17.8 Å². The Morgan fingerprint density at radius 2 is 2.06 bits per heavy atom. The molecule has 0 amide bonds. The molecule has 0 saturated heterocycles. The molecular formula is C9H16BrN3O3S. The molecule has 1 heterocycles. The number of halogens is 1. The number of nitrogens with zero attached hydrogens (tertiary/aromatic N) is 3. The van der Waals surface area contributed by atoms with Crippen molar-refractivity contribution in [3.8, 4) is 0 Å². The number of hydrogen-bond acceptors (Lipinski definition) is 4. The van der Waals surface area contributed by atoms with Crippen LogP contribution in [-0.2, 0) is 16.6 Å². The summed E-state index contributed by atoms with van der Waals surface area (Å²) in [4.78, 5) is 0. The number of aliphatic hydroxyl groups excluding tert-OH is 1. The van der Waals surface area contributed by atoms with Gasteiger partial charge in [-0.1, -0.05) is 0 Å². The standard InChI is InChI=1S/C9H16BrN3O3S/c1-7-9(10)8(5-4-6-14)13(11-7)17(15,16)12(2)3/h14H,4-6H2,1-3H3. The van der Waals surface area contributed by atoms with E-state index in [-0.39, 0.29) is 6.61 Å². The molecule has 1 aromatic heterocycles. The minimum absolute atomic E-state index is 0.0126. The van der Waals surface area contributed by atoms with Crippen LogP contribution in [0.15, 0.2) is 4.47 Å². The molecule has 0 radical (unpaired) electrons. The van der Waals surface area contributed by atoms with Gasteiger partial charge < -0.3 is 5.11 Å². The predicted octanol–water partition coefficient (Wildman–Crippen LogP) is 0.533. The molecule has 1 rings (SSSR count). The molecule has 0 aliphatic carbocycles. The Kier molecular flexibility index (Phi) is 4.70. The van der Waals surface area contributed by atoms with Gasteiger partial charge in [-0.15, -0.1) is 4.09 Å². The Balaban J connectivity index is 3.29. The molecule has 1 N–H and O–H groups in total. The summed E-state index contributed by atoms with van der Waals surface area (Å²) < 4.78 is 26.8. The highest BCUT2D eigenvalue weighted by molar-refractivity contribution is 9.10. The summed E-state index contributed by atoms with van der Waals surface area (Å²) in [6.45, 7) is 1.74. The van der Waals surface area contributed by atoms with Crippen molar-refractivity contribution in [1.82, 2.24) is 13.5 Å². The first kappa shape index (κ1) is 14.6. The number of aromatic nitrogens is 2. The van der Waals surface area contributed by atoms with Crippen molar-refractivity contribution < 1.29 is 13.5 Å². The average Bonchev–Trinajstić information content (AvgIpc) is 2.53. The Morgan fingerprint density at radius 1 is 1.47 bits per heavy atom. The summed E-state index contributed by atoms with van der Waals surface area (Å²) in [5.74, 6) is 0.